The molecule has 1 aliphatic rings. The van der Waals surface area contributed by atoms with Crippen molar-refractivity contribution in [1.29, 1.82) is 0 Å². The Hall–Kier alpha value is -5.49. The maximum Gasteiger partial charge on any atom is 0.266 e. The van der Waals surface area contributed by atoms with Crippen molar-refractivity contribution in [2.24, 2.45) is 14.1 Å². The molecule has 0 bridgehead atoms. The minimum atomic E-state index is -0.152. The van der Waals surface area contributed by atoms with Crippen LogP contribution < -0.4 is 37.9 Å². The van der Waals surface area contributed by atoms with E-state index in [2.05, 4.69) is 48.2 Å². The Kier molecular flexibility index (Phi) is 19.8. The van der Waals surface area contributed by atoms with Crippen molar-refractivity contribution < 1.29 is 0 Å². The van der Waals surface area contributed by atoms with Crippen LogP contribution in [0.3, 0.4) is 0 Å². The minimum Gasteiger partial charge on any atom is -0.379 e. The highest BCUT2D eigenvalue weighted by molar-refractivity contribution is 6.36. The third kappa shape index (κ3) is 17.2. The number of likely N-dealkylation sites (N-methyl/N-ethyl adjacent to an activating group) is 2. The molecule has 0 aliphatic carbocycles. The molecule has 15 nitrogen and oxygen atoms in total. The lowest BCUT2D eigenvalue weighted by atomic mass is 10.3. The topological polar surface area (TPSA) is 179 Å². The van der Waals surface area contributed by atoms with Crippen LogP contribution in [0.15, 0.2) is 129 Å². The van der Waals surface area contributed by atoms with Crippen LogP contribution in [0.2, 0.25) is 40.2 Å². The molecule has 7 aromatic rings. The molecule has 4 aromatic carbocycles. The summed E-state index contributed by atoms with van der Waals surface area (Å²) < 4.78 is 3.09. The summed E-state index contributed by atoms with van der Waals surface area (Å²) in [6.07, 6.45) is 2.04. The van der Waals surface area contributed by atoms with Crippen molar-refractivity contribution in [3.63, 3.8) is 0 Å². The van der Waals surface area contributed by atoms with Crippen molar-refractivity contribution in [3.8, 4) is 0 Å². The highest BCUT2D eigenvalue weighted by Crippen LogP contribution is 2.27. The molecule has 0 fully saturated rings. The van der Waals surface area contributed by atoms with Gasteiger partial charge < -0.3 is 26.4 Å². The van der Waals surface area contributed by atoms with Crippen molar-refractivity contribution >= 4 is 116 Å². The molecule has 3 aromatic heterocycles. The number of nitrogens with one attached hydrogen (secondary N) is 8. The number of aromatic amines is 4. The summed E-state index contributed by atoms with van der Waals surface area (Å²) in [7, 11) is 7.42. The van der Waals surface area contributed by atoms with E-state index >= 15 is 0 Å². The molecule has 0 unspecified atom stereocenters. The first-order valence-electron chi connectivity index (χ1n) is 20.1. The van der Waals surface area contributed by atoms with Crippen LogP contribution in [-0.2, 0) is 33.7 Å². The van der Waals surface area contributed by atoms with Gasteiger partial charge >= 0.3 is 0 Å². The van der Waals surface area contributed by atoms with Crippen molar-refractivity contribution in [1.82, 2.24) is 39.8 Å². The number of aromatic nitrogens is 6. The van der Waals surface area contributed by atoms with Gasteiger partial charge in [-0.3, -0.25) is 49.1 Å². The van der Waals surface area contributed by atoms with Gasteiger partial charge in [0.1, 0.15) is 0 Å². The largest absolute Gasteiger partial charge is 0.379 e. The van der Waals surface area contributed by atoms with E-state index in [-0.39, 0.29) is 16.7 Å². The third-order valence-corrected chi connectivity index (χ3v) is 11.3. The Balaban J connectivity index is 0.000000170. The van der Waals surface area contributed by atoms with Gasteiger partial charge in [-0.2, -0.15) is 0 Å². The summed E-state index contributed by atoms with van der Waals surface area (Å²) in [5, 5.41) is 32.1. The maximum atomic E-state index is 11.2. The molecular weight excluding hydrogens is 1040 g/mol. The van der Waals surface area contributed by atoms with E-state index in [0.29, 0.717) is 66.4 Å². The van der Waals surface area contributed by atoms with E-state index in [1.165, 1.54) is 10.7 Å². The molecular formula is C45H46Cl8N12O3. The fraction of sp³-hybridized carbons (Fsp3) is 0.178. The highest BCUT2D eigenvalue weighted by atomic mass is 35.5. The molecule has 4 heterocycles. The molecule has 0 radical (unpaired) electrons. The normalized spacial score (nSPS) is 11.7. The monoisotopic (exact) mass is 1080 g/mol. The number of hydrazine groups is 1. The molecule has 68 heavy (non-hydrogen) atoms. The first-order valence-corrected chi connectivity index (χ1v) is 23.1. The Morgan fingerprint density at radius 1 is 0.441 bits per heavy atom. The van der Waals surface area contributed by atoms with Crippen LogP contribution in [0.1, 0.15) is 17.1 Å². The van der Waals surface area contributed by atoms with Gasteiger partial charge in [-0.25, -0.2) is 0 Å². The second kappa shape index (κ2) is 25.2. The second-order valence-electron chi connectivity index (χ2n) is 14.9. The van der Waals surface area contributed by atoms with Crippen LogP contribution in [0.5, 0.6) is 0 Å². The summed E-state index contributed by atoms with van der Waals surface area (Å²) in [5.41, 5.74) is 7.53. The number of rotatable bonds is 12. The highest BCUT2D eigenvalue weighted by Gasteiger charge is 2.18. The quantitative estimate of drug-likeness (QED) is 0.0591. The number of halogens is 8. The van der Waals surface area contributed by atoms with Gasteiger partial charge in [0.2, 0.25) is 0 Å². The first kappa shape index (κ1) is 53.5. The van der Waals surface area contributed by atoms with E-state index < -0.39 is 0 Å². The van der Waals surface area contributed by atoms with Gasteiger partial charge in [-0.15, -0.1) is 0 Å². The third-order valence-electron chi connectivity index (χ3n) is 9.58. The van der Waals surface area contributed by atoms with Crippen LogP contribution in [-0.4, -0.2) is 60.4 Å². The number of aryl methyl sites for hydroxylation is 2. The molecule has 0 saturated carbocycles. The summed E-state index contributed by atoms with van der Waals surface area (Å²) in [5.74, 6) is 0. The average Bonchev–Trinajstić information content (AvgIpc) is 3.98. The standard InChI is InChI=1S/C13H15Cl2N3.2C11H11Cl2N3O.C10H9Cl2N3O/c1-9-4-13(18(3)17(9)2)8-16-12-6-10(14)5-11(15)7-12;1-16-10(5-11(17)15-16)6-14-9-3-7(12)2-8(13)4-9;1-16-11(17)5-10(15-16)6-14-9-3-7(12)2-8(13)4-9;11-6-1-7(12)3-8(2-6)13-5-9-4-10(16)15-14-9/h4-7,16H,1,8H2,2-3H3;2-5,14H,6H2,1H3,(H,15,17);2-5,14-15H,6H2,1H3;1-4,13H,5H2,(H2,14,15,16). The molecule has 1 aliphatic heterocycles. The first-order chi connectivity index (χ1) is 32.2. The fourth-order valence-corrected chi connectivity index (χ4v) is 8.23. The molecule has 0 spiro atoms. The Bertz CT molecular complexity index is 2960. The zero-order valence-electron chi connectivity index (χ0n) is 36.8. The van der Waals surface area contributed by atoms with Crippen LogP contribution >= 0.6 is 92.8 Å². The molecule has 0 atom stereocenters. The van der Waals surface area contributed by atoms with Gasteiger partial charge in [0.05, 0.1) is 54.7 Å². The number of benzene rings is 4. The number of H-pyrrole nitrogens is 4. The lowest BCUT2D eigenvalue weighted by molar-refractivity contribution is 0.133. The summed E-state index contributed by atoms with van der Waals surface area (Å²) in [4.78, 5) is 33.2. The van der Waals surface area contributed by atoms with E-state index in [1.54, 1.807) is 91.6 Å². The Morgan fingerprint density at radius 2 is 0.853 bits per heavy atom. The van der Waals surface area contributed by atoms with Crippen molar-refractivity contribution in [3.05, 3.63) is 203 Å². The zero-order chi connectivity index (χ0) is 49.7. The fourth-order valence-electron chi connectivity index (χ4n) is 6.13. The lowest BCUT2D eigenvalue weighted by Crippen LogP contribution is -2.31. The van der Waals surface area contributed by atoms with Gasteiger partial charge in [0, 0.05) is 109 Å². The Labute approximate surface area is 431 Å². The van der Waals surface area contributed by atoms with Gasteiger partial charge in [0.15, 0.2) is 0 Å². The number of allylic oxidation sites excluding steroid dienone is 1. The number of anilines is 4. The zero-order valence-corrected chi connectivity index (χ0v) is 42.9. The molecule has 0 saturated heterocycles. The maximum absolute atomic E-state index is 11.2. The molecule has 8 N–H and O–H groups in total. The molecule has 0 amide bonds. The van der Waals surface area contributed by atoms with Gasteiger partial charge in [-0.05, 0) is 78.9 Å². The second-order valence-corrected chi connectivity index (χ2v) is 18.3. The van der Waals surface area contributed by atoms with Crippen LogP contribution in [0.25, 0.3) is 0 Å². The average molecular weight is 1090 g/mol. The predicted molar refractivity (Wildman–Crippen MR) is 283 cm³/mol. The summed E-state index contributed by atoms with van der Waals surface area (Å²) in [6.45, 7) is 6.17. The smallest absolute Gasteiger partial charge is 0.266 e. The van der Waals surface area contributed by atoms with E-state index in [0.717, 1.165) is 51.2 Å². The van der Waals surface area contributed by atoms with Crippen molar-refractivity contribution in [2.75, 3.05) is 41.9 Å². The van der Waals surface area contributed by atoms with Crippen molar-refractivity contribution in [2.45, 2.75) is 19.6 Å². The van der Waals surface area contributed by atoms with Gasteiger partial charge in [-0.1, -0.05) is 99.4 Å². The molecule has 23 heteroatoms. The summed E-state index contributed by atoms with van der Waals surface area (Å²) in [6, 6.07) is 25.6. The lowest BCUT2D eigenvalue weighted by Gasteiger charge is -2.27. The molecule has 8 rings (SSSR count). The summed E-state index contributed by atoms with van der Waals surface area (Å²) >= 11 is 47.1. The van der Waals surface area contributed by atoms with E-state index in [9.17, 15) is 14.4 Å². The number of nitrogens with zero attached hydrogens (tertiary/aromatic N) is 4. The molecule has 360 valence electrons. The number of hydrogen-bond acceptors (Lipinski definition) is 9. The predicted octanol–water partition coefficient (Wildman–Crippen LogP) is 11.5. The van der Waals surface area contributed by atoms with Gasteiger partial charge in [0.25, 0.3) is 16.7 Å². The SMILES string of the molecule is C=C1C=C(CNc2cc(Cl)cc(Cl)c2)N(C)N1C.Cn1[nH]c(=O)cc1CNc1cc(Cl)cc(Cl)c1.Cn1[nH]c(CNc2cc(Cl)cc(Cl)c2)cc1=O.O=c1cc(CNc2cc(Cl)cc(Cl)c2)[nH][nH]1. The Morgan fingerprint density at radius 3 is 1.19 bits per heavy atom. The number of hydrogen-bond donors (Lipinski definition) is 8. The van der Waals surface area contributed by atoms with Crippen LogP contribution in [0, 0.1) is 0 Å². The minimum absolute atomic E-state index is 0.0640. The van der Waals surface area contributed by atoms with E-state index in [1.807, 2.05) is 42.3 Å². The van der Waals surface area contributed by atoms with E-state index in [4.69, 9.17) is 92.8 Å². The van der Waals surface area contributed by atoms with Crippen LogP contribution in [0.4, 0.5) is 22.7 Å².